The first-order valence-electron chi connectivity index (χ1n) is 7.04. The van der Waals surface area contributed by atoms with Crippen molar-refractivity contribution < 1.29 is 4.42 Å². The number of anilines is 1. The Labute approximate surface area is 138 Å². The predicted molar refractivity (Wildman–Crippen MR) is 96.4 cm³/mol. The van der Waals surface area contributed by atoms with Gasteiger partial charge in [-0.3, -0.25) is 0 Å². The third-order valence-electron chi connectivity index (χ3n) is 4.19. The second-order valence-electron chi connectivity index (χ2n) is 5.47. The molecule has 0 amide bonds. The van der Waals surface area contributed by atoms with E-state index in [-0.39, 0.29) is 0 Å². The van der Waals surface area contributed by atoms with Crippen molar-refractivity contribution in [1.82, 2.24) is 0 Å². The van der Waals surface area contributed by atoms with Crippen LogP contribution in [0.25, 0.3) is 42.1 Å². The standard InChI is InChI=1S/C18H10NOS.Al/c19-13-6-3-5-10-11-8-9-15-16(18(11)20-17(10)13)12-4-1-2-7-14(12)21-15;/h1-6,8-9H,19H2;. The zero-order chi connectivity index (χ0) is 14.8. The Morgan fingerprint density at radius 2 is 1.64 bits per heavy atom. The second kappa shape index (κ2) is 4.27. The maximum Gasteiger partial charge on any atom is 0.178 e. The van der Waals surface area contributed by atoms with Crippen LogP contribution in [0.5, 0.6) is 0 Å². The maximum atomic E-state index is 6.18. The Kier molecular flexibility index (Phi) is 2.43. The van der Waals surface area contributed by atoms with E-state index in [0.717, 1.165) is 21.9 Å². The molecule has 0 aliphatic heterocycles. The fourth-order valence-corrected chi connectivity index (χ4v) is 4.75. The number of rotatable bonds is 0. The molecule has 0 bridgehead atoms. The van der Waals surface area contributed by atoms with Crippen molar-refractivity contribution in [2.24, 2.45) is 0 Å². The minimum atomic E-state index is 0.688. The van der Waals surface area contributed by atoms with Crippen LogP contribution in [-0.4, -0.2) is 16.3 Å². The topological polar surface area (TPSA) is 39.2 Å². The van der Waals surface area contributed by atoms with Gasteiger partial charge in [0, 0.05) is 30.9 Å². The number of benzene rings is 3. The molecule has 2 radical (unpaired) electrons. The van der Waals surface area contributed by atoms with Crippen molar-refractivity contribution in [3.05, 3.63) is 48.5 Å². The number of hydrogen-bond acceptors (Lipinski definition) is 3. The molecule has 0 fully saturated rings. The van der Waals surface area contributed by atoms with Gasteiger partial charge in [-0.1, -0.05) is 30.3 Å². The van der Waals surface area contributed by atoms with E-state index in [1.165, 1.54) is 24.6 Å². The van der Waals surface area contributed by atoms with Crippen LogP contribution in [0.4, 0.5) is 5.69 Å². The predicted octanol–water partition coefficient (Wildman–Crippen LogP) is 4.33. The van der Waals surface area contributed by atoms with Crippen molar-refractivity contribution in [3.63, 3.8) is 0 Å². The van der Waals surface area contributed by atoms with Crippen molar-refractivity contribution >= 4 is 79.9 Å². The molecular formula is C18H10AlNOS. The molecule has 22 heavy (non-hydrogen) atoms. The van der Waals surface area contributed by atoms with Crippen LogP contribution in [0.3, 0.4) is 0 Å². The summed E-state index contributed by atoms with van der Waals surface area (Å²) in [5.41, 5.74) is 8.49. The largest absolute Gasteiger partial charge is 0.453 e. The Hall–Kier alpha value is -1.99. The van der Waals surface area contributed by atoms with Crippen molar-refractivity contribution in [2.45, 2.75) is 0 Å². The SMILES string of the molecule is Nc1cccc2c1oc1c2ccc2sc3[c]([Al])cccc3c21. The normalized spacial score (nSPS) is 12.0. The molecule has 2 heterocycles. The first kappa shape index (κ1) is 12.5. The summed E-state index contributed by atoms with van der Waals surface area (Å²) < 4.78 is 9.94. The molecule has 5 rings (SSSR count). The van der Waals surface area contributed by atoms with Crippen LogP contribution in [-0.2, 0) is 0 Å². The van der Waals surface area contributed by atoms with E-state index in [2.05, 4.69) is 52.7 Å². The van der Waals surface area contributed by atoms with E-state index in [0.29, 0.717) is 5.69 Å². The Bertz CT molecular complexity index is 1200. The molecule has 0 spiro atoms. The molecule has 5 aromatic rings. The summed E-state index contributed by atoms with van der Waals surface area (Å²) in [6.45, 7) is 0. The Balaban J connectivity index is 2.12. The lowest BCUT2D eigenvalue weighted by Crippen LogP contribution is -1.99. The lowest BCUT2D eigenvalue weighted by atomic mass is 10.1. The molecule has 0 atom stereocenters. The first-order valence-corrected chi connectivity index (χ1v) is 8.44. The summed E-state index contributed by atoms with van der Waals surface area (Å²) in [5, 5.41) is 4.65. The minimum Gasteiger partial charge on any atom is -0.453 e. The average molecular weight is 315 g/mol. The number of hydrogen-bond donors (Lipinski definition) is 1. The monoisotopic (exact) mass is 315 g/mol. The molecule has 0 unspecified atom stereocenters. The van der Waals surface area contributed by atoms with Crippen LogP contribution >= 0.6 is 11.3 Å². The van der Waals surface area contributed by atoms with Gasteiger partial charge >= 0.3 is 0 Å². The molecule has 2 N–H and O–H groups in total. The van der Waals surface area contributed by atoms with Gasteiger partial charge in [-0.25, -0.2) is 0 Å². The number of para-hydroxylation sites is 1. The number of nitrogens with two attached hydrogens (primary N) is 1. The fourth-order valence-electron chi connectivity index (χ4n) is 3.18. The summed E-state index contributed by atoms with van der Waals surface area (Å²) in [6.07, 6.45) is 0. The van der Waals surface area contributed by atoms with Gasteiger partial charge < -0.3 is 10.2 Å². The van der Waals surface area contributed by atoms with Crippen LogP contribution in [0, 0.1) is 0 Å². The summed E-state index contributed by atoms with van der Waals surface area (Å²) in [6, 6.07) is 16.6. The zero-order valence-electron chi connectivity index (χ0n) is 11.6. The van der Waals surface area contributed by atoms with Gasteiger partial charge in [0.05, 0.1) is 5.69 Å². The molecule has 2 aromatic heterocycles. The highest BCUT2D eigenvalue weighted by Gasteiger charge is 2.15. The second-order valence-corrected chi connectivity index (χ2v) is 7.14. The highest BCUT2D eigenvalue weighted by atomic mass is 32.1. The summed E-state index contributed by atoms with van der Waals surface area (Å²) in [4.78, 5) is 0. The molecule has 0 aliphatic rings. The van der Waals surface area contributed by atoms with Gasteiger partial charge in [0.2, 0.25) is 0 Å². The molecule has 102 valence electrons. The minimum absolute atomic E-state index is 0.688. The van der Waals surface area contributed by atoms with E-state index in [1.807, 2.05) is 12.1 Å². The van der Waals surface area contributed by atoms with Crippen LogP contribution in [0.2, 0.25) is 0 Å². The van der Waals surface area contributed by atoms with E-state index >= 15 is 0 Å². The smallest absolute Gasteiger partial charge is 0.178 e. The molecule has 0 aliphatic carbocycles. The van der Waals surface area contributed by atoms with E-state index < -0.39 is 0 Å². The van der Waals surface area contributed by atoms with Gasteiger partial charge in [-0.2, -0.15) is 0 Å². The maximum absolute atomic E-state index is 6.18. The number of nitrogen functional groups attached to an aromatic ring is 1. The lowest BCUT2D eigenvalue weighted by Gasteiger charge is -1.96. The van der Waals surface area contributed by atoms with Crippen LogP contribution in [0.15, 0.2) is 52.9 Å². The molecule has 2 nitrogen and oxygen atoms in total. The van der Waals surface area contributed by atoms with Crippen molar-refractivity contribution in [2.75, 3.05) is 5.73 Å². The summed E-state index contributed by atoms with van der Waals surface area (Å²) in [5.74, 6) is 0. The number of fused-ring (bicyclic) bond motifs is 7. The van der Waals surface area contributed by atoms with Crippen LogP contribution < -0.4 is 10.2 Å². The Morgan fingerprint density at radius 3 is 2.55 bits per heavy atom. The molecule has 0 saturated carbocycles. The van der Waals surface area contributed by atoms with Gasteiger partial charge in [0.25, 0.3) is 0 Å². The summed E-state index contributed by atoms with van der Waals surface area (Å²) >= 11 is 4.62. The van der Waals surface area contributed by atoms with Gasteiger partial charge in [-0.15, -0.1) is 15.8 Å². The molecule has 3 aromatic carbocycles. The quantitative estimate of drug-likeness (QED) is 0.341. The van der Waals surface area contributed by atoms with Gasteiger partial charge in [-0.05, 0) is 18.2 Å². The lowest BCUT2D eigenvalue weighted by molar-refractivity contribution is 0.674. The number of furan rings is 1. The highest BCUT2D eigenvalue weighted by molar-refractivity contribution is 7.27. The van der Waals surface area contributed by atoms with Gasteiger partial charge in [0.15, 0.2) is 21.9 Å². The summed E-state index contributed by atoms with van der Waals surface area (Å²) in [7, 11) is 0. The Morgan fingerprint density at radius 1 is 0.864 bits per heavy atom. The van der Waals surface area contributed by atoms with Gasteiger partial charge in [0.1, 0.15) is 5.58 Å². The van der Waals surface area contributed by atoms with Crippen molar-refractivity contribution in [1.29, 1.82) is 0 Å². The van der Waals surface area contributed by atoms with E-state index in [1.54, 1.807) is 11.3 Å². The zero-order valence-corrected chi connectivity index (χ0v) is 13.6. The molecule has 0 saturated heterocycles. The molecular weight excluding hydrogens is 305 g/mol. The average Bonchev–Trinajstić information content (AvgIpc) is 3.07. The third-order valence-corrected chi connectivity index (χ3v) is 6.10. The first-order chi connectivity index (χ1) is 10.7. The highest BCUT2D eigenvalue weighted by Crippen LogP contribution is 2.41. The molecule has 4 heteroatoms. The van der Waals surface area contributed by atoms with E-state index in [4.69, 9.17) is 10.2 Å². The van der Waals surface area contributed by atoms with E-state index in [9.17, 15) is 0 Å². The third kappa shape index (κ3) is 1.50. The fraction of sp³-hybridized carbons (Fsp3) is 0. The van der Waals surface area contributed by atoms with Crippen LogP contribution in [0.1, 0.15) is 0 Å². The number of thiophene rings is 1. The van der Waals surface area contributed by atoms with Crippen molar-refractivity contribution in [3.8, 4) is 0 Å².